The zero-order chi connectivity index (χ0) is 15.5. The molecule has 110 valence electrons. The zero-order valence-electron chi connectivity index (χ0n) is 10.9. The lowest BCUT2D eigenvalue weighted by atomic mass is 10.1. The van der Waals surface area contributed by atoms with E-state index in [0.29, 0.717) is 0 Å². The molecular formula is C15H12ClF2NO2. The van der Waals surface area contributed by atoms with Gasteiger partial charge in [0, 0.05) is 5.56 Å². The number of anilines is 1. The van der Waals surface area contributed by atoms with Gasteiger partial charge in [0.2, 0.25) is 0 Å². The molecule has 0 heterocycles. The minimum absolute atomic E-state index is 0.00877. The molecule has 0 radical (unpaired) electrons. The molecule has 0 fully saturated rings. The van der Waals surface area contributed by atoms with Crippen molar-refractivity contribution in [3.63, 3.8) is 0 Å². The Hall–Kier alpha value is -2.14. The van der Waals surface area contributed by atoms with Crippen molar-refractivity contribution in [2.75, 3.05) is 12.3 Å². The number of ether oxygens (including phenoxy) is 1. The molecular weight excluding hydrogens is 300 g/mol. The summed E-state index contributed by atoms with van der Waals surface area (Å²) in [6.07, 6.45) is 0. The normalized spacial score (nSPS) is 11.2. The highest BCUT2D eigenvalue weighted by Gasteiger charge is 2.33. The van der Waals surface area contributed by atoms with E-state index in [1.54, 1.807) is 6.07 Å². The molecule has 0 saturated carbocycles. The van der Waals surface area contributed by atoms with Crippen LogP contribution in [-0.4, -0.2) is 12.6 Å². The smallest absolute Gasteiger partial charge is 0.339 e. The Bertz CT molecular complexity index is 647. The van der Waals surface area contributed by atoms with E-state index < -0.39 is 18.5 Å². The van der Waals surface area contributed by atoms with E-state index in [1.807, 2.05) is 0 Å². The molecule has 0 aliphatic heterocycles. The van der Waals surface area contributed by atoms with Gasteiger partial charge < -0.3 is 10.5 Å². The van der Waals surface area contributed by atoms with Crippen molar-refractivity contribution >= 4 is 23.3 Å². The summed E-state index contributed by atoms with van der Waals surface area (Å²) in [5, 5.41) is -0.00877. The summed E-state index contributed by atoms with van der Waals surface area (Å²) in [6, 6.07) is 11.5. The number of carbonyl (C=O) groups is 1. The van der Waals surface area contributed by atoms with Crippen molar-refractivity contribution < 1.29 is 18.3 Å². The molecule has 21 heavy (non-hydrogen) atoms. The van der Waals surface area contributed by atoms with Gasteiger partial charge in [-0.05, 0) is 12.1 Å². The second-order valence-corrected chi connectivity index (χ2v) is 4.73. The van der Waals surface area contributed by atoms with Crippen LogP contribution < -0.4 is 5.73 Å². The number of rotatable bonds is 4. The Morgan fingerprint density at radius 3 is 2.48 bits per heavy atom. The first-order valence-corrected chi connectivity index (χ1v) is 6.44. The SMILES string of the molecule is Nc1cccc(C(=O)OCC(F)(F)c2ccccc2)c1Cl. The van der Waals surface area contributed by atoms with Gasteiger partial charge in [-0.1, -0.05) is 48.0 Å². The number of halogens is 3. The molecule has 0 atom stereocenters. The van der Waals surface area contributed by atoms with E-state index >= 15 is 0 Å². The maximum Gasteiger partial charge on any atom is 0.339 e. The van der Waals surface area contributed by atoms with E-state index in [-0.39, 0.29) is 21.8 Å². The predicted molar refractivity (Wildman–Crippen MR) is 76.5 cm³/mol. The van der Waals surface area contributed by atoms with Gasteiger partial charge in [0.25, 0.3) is 0 Å². The molecule has 0 amide bonds. The Kier molecular flexibility index (Phi) is 4.43. The van der Waals surface area contributed by atoms with E-state index in [9.17, 15) is 13.6 Å². The number of hydrogen-bond donors (Lipinski definition) is 1. The van der Waals surface area contributed by atoms with Gasteiger partial charge in [-0.3, -0.25) is 0 Å². The molecule has 2 N–H and O–H groups in total. The lowest BCUT2D eigenvalue weighted by Gasteiger charge is -2.17. The summed E-state index contributed by atoms with van der Waals surface area (Å²) in [7, 11) is 0. The van der Waals surface area contributed by atoms with Crippen LogP contribution >= 0.6 is 11.6 Å². The zero-order valence-corrected chi connectivity index (χ0v) is 11.6. The summed E-state index contributed by atoms with van der Waals surface area (Å²) in [5.41, 5.74) is 5.46. The molecule has 0 aliphatic carbocycles. The average Bonchev–Trinajstić information content (AvgIpc) is 2.49. The van der Waals surface area contributed by atoms with Crippen molar-refractivity contribution in [1.82, 2.24) is 0 Å². The molecule has 2 aromatic rings. The van der Waals surface area contributed by atoms with E-state index in [2.05, 4.69) is 4.74 Å². The van der Waals surface area contributed by atoms with Crippen molar-refractivity contribution in [1.29, 1.82) is 0 Å². The highest BCUT2D eigenvalue weighted by atomic mass is 35.5. The third-order valence-corrected chi connectivity index (χ3v) is 3.25. The molecule has 0 spiro atoms. The van der Waals surface area contributed by atoms with Crippen LogP contribution in [-0.2, 0) is 10.7 Å². The lowest BCUT2D eigenvalue weighted by molar-refractivity contribution is -0.0661. The highest BCUT2D eigenvalue weighted by molar-refractivity contribution is 6.36. The van der Waals surface area contributed by atoms with Gasteiger partial charge in [0.1, 0.15) is 0 Å². The number of esters is 1. The fraction of sp³-hybridized carbons (Fsp3) is 0.133. The van der Waals surface area contributed by atoms with Crippen LogP contribution in [0.15, 0.2) is 48.5 Å². The highest BCUT2D eigenvalue weighted by Crippen LogP contribution is 2.29. The quantitative estimate of drug-likeness (QED) is 0.689. The lowest BCUT2D eigenvalue weighted by Crippen LogP contribution is -2.23. The Morgan fingerprint density at radius 1 is 1.14 bits per heavy atom. The van der Waals surface area contributed by atoms with Crippen LogP contribution in [0.5, 0.6) is 0 Å². The molecule has 0 unspecified atom stereocenters. The monoisotopic (exact) mass is 311 g/mol. The summed E-state index contributed by atoms with van der Waals surface area (Å²) in [6.45, 7) is -1.07. The van der Waals surface area contributed by atoms with Crippen LogP contribution in [0.1, 0.15) is 15.9 Å². The maximum atomic E-state index is 13.9. The van der Waals surface area contributed by atoms with Gasteiger partial charge >= 0.3 is 11.9 Å². The molecule has 0 bridgehead atoms. The number of carbonyl (C=O) groups excluding carboxylic acids is 1. The minimum Gasteiger partial charge on any atom is -0.455 e. The first kappa shape index (κ1) is 15.3. The van der Waals surface area contributed by atoms with E-state index in [1.165, 1.54) is 42.5 Å². The number of nitrogen functional groups attached to an aromatic ring is 1. The van der Waals surface area contributed by atoms with Gasteiger partial charge in [-0.25, -0.2) is 4.79 Å². The van der Waals surface area contributed by atoms with Crippen molar-refractivity contribution in [2.24, 2.45) is 0 Å². The molecule has 6 heteroatoms. The van der Waals surface area contributed by atoms with E-state index in [0.717, 1.165) is 0 Å². The summed E-state index contributed by atoms with van der Waals surface area (Å²) < 4.78 is 32.4. The number of benzene rings is 2. The van der Waals surface area contributed by atoms with E-state index in [4.69, 9.17) is 17.3 Å². The third kappa shape index (κ3) is 3.49. The topological polar surface area (TPSA) is 52.3 Å². The molecule has 3 nitrogen and oxygen atoms in total. The van der Waals surface area contributed by atoms with Crippen LogP contribution in [0.4, 0.5) is 14.5 Å². The predicted octanol–water partition coefficient (Wildman–Crippen LogP) is 3.87. The van der Waals surface area contributed by atoms with Crippen molar-refractivity contribution in [3.8, 4) is 0 Å². The standard InChI is InChI=1S/C15H12ClF2NO2/c16-13-11(7-4-8-12(13)19)14(20)21-9-15(17,18)10-5-2-1-3-6-10/h1-8H,9,19H2. The Labute approximate surface area is 125 Å². The van der Waals surface area contributed by atoms with Crippen LogP contribution in [0.2, 0.25) is 5.02 Å². The molecule has 0 aromatic heterocycles. The first-order chi connectivity index (χ1) is 9.92. The fourth-order valence-electron chi connectivity index (χ4n) is 1.71. The molecule has 0 saturated heterocycles. The van der Waals surface area contributed by atoms with Gasteiger partial charge in [-0.15, -0.1) is 0 Å². The second kappa shape index (κ2) is 6.10. The number of hydrogen-bond acceptors (Lipinski definition) is 3. The Balaban J connectivity index is 2.09. The average molecular weight is 312 g/mol. The number of nitrogens with two attached hydrogens (primary N) is 1. The fourth-order valence-corrected chi connectivity index (χ4v) is 1.91. The summed E-state index contributed by atoms with van der Waals surface area (Å²) in [5.74, 6) is -4.22. The maximum absolute atomic E-state index is 13.9. The second-order valence-electron chi connectivity index (χ2n) is 4.36. The van der Waals surface area contributed by atoms with Gasteiger partial charge in [-0.2, -0.15) is 8.78 Å². The molecule has 2 aromatic carbocycles. The van der Waals surface area contributed by atoms with Gasteiger partial charge in [0.15, 0.2) is 6.61 Å². The van der Waals surface area contributed by atoms with Crippen LogP contribution in [0, 0.1) is 0 Å². The van der Waals surface area contributed by atoms with Crippen molar-refractivity contribution in [3.05, 3.63) is 64.7 Å². The largest absolute Gasteiger partial charge is 0.455 e. The summed E-state index contributed by atoms with van der Waals surface area (Å²) in [4.78, 5) is 11.8. The Morgan fingerprint density at radius 2 is 1.81 bits per heavy atom. The molecule has 0 aliphatic rings. The van der Waals surface area contributed by atoms with Crippen LogP contribution in [0.25, 0.3) is 0 Å². The minimum atomic E-state index is -3.27. The van der Waals surface area contributed by atoms with Crippen molar-refractivity contribution in [2.45, 2.75) is 5.92 Å². The van der Waals surface area contributed by atoms with Gasteiger partial charge in [0.05, 0.1) is 16.3 Å². The third-order valence-electron chi connectivity index (χ3n) is 2.83. The first-order valence-electron chi connectivity index (χ1n) is 6.06. The van der Waals surface area contributed by atoms with Crippen LogP contribution in [0.3, 0.4) is 0 Å². The number of alkyl halides is 2. The summed E-state index contributed by atoms with van der Waals surface area (Å²) >= 11 is 5.84. The molecule has 2 rings (SSSR count).